The molecule has 1 heterocycles. The van der Waals surface area contributed by atoms with Crippen LogP contribution in [0.15, 0.2) is 23.6 Å². The normalized spacial score (nSPS) is 10.2. The number of halogens is 1. The SMILES string of the molecule is CC(=O)Nc1nc(CNc2cc(F)ccc2C(C)=O)cs1. The first kappa shape index (κ1) is 15.1. The number of ketones is 1. The Morgan fingerprint density at radius 1 is 1.33 bits per heavy atom. The predicted molar refractivity (Wildman–Crippen MR) is 80.1 cm³/mol. The topological polar surface area (TPSA) is 71.1 Å². The number of nitrogens with zero attached hydrogens (tertiary/aromatic N) is 1. The van der Waals surface area contributed by atoms with Gasteiger partial charge in [0.2, 0.25) is 5.91 Å². The standard InChI is InChI=1S/C14H14FN3O2S/c1-8(19)12-4-3-10(15)5-13(12)16-6-11-7-21-14(18-11)17-9(2)20/h3-5,7,16H,6H2,1-2H3,(H,17,18,20). The van der Waals surface area contributed by atoms with E-state index in [1.165, 1.54) is 43.4 Å². The van der Waals surface area contributed by atoms with Crippen molar-refractivity contribution in [1.82, 2.24) is 4.98 Å². The molecule has 2 rings (SSSR count). The summed E-state index contributed by atoms with van der Waals surface area (Å²) < 4.78 is 13.3. The minimum Gasteiger partial charge on any atom is -0.379 e. The summed E-state index contributed by atoms with van der Waals surface area (Å²) in [7, 11) is 0. The van der Waals surface area contributed by atoms with Gasteiger partial charge in [-0.25, -0.2) is 9.37 Å². The molecule has 0 aliphatic heterocycles. The van der Waals surface area contributed by atoms with Gasteiger partial charge in [-0.15, -0.1) is 11.3 Å². The van der Waals surface area contributed by atoms with E-state index in [9.17, 15) is 14.0 Å². The second-order valence-electron chi connectivity index (χ2n) is 4.42. The van der Waals surface area contributed by atoms with Crippen molar-refractivity contribution in [3.05, 3.63) is 40.7 Å². The molecule has 0 saturated heterocycles. The number of anilines is 2. The molecule has 0 saturated carbocycles. The van der Waals surface area contributed by atoms with Crippen molar-refractivity contribution in [2.24, 2.45) is 0 Å². The third kappa shape index (κ3) is 4.09. The number of hydrogen-bond acceptors (Lipinski definition) is 5. The molecule has 2 N–H and O–H groups in total. The van der Waals surface area contributed by atoms with Crippen LogP contribution < -0.4 is 10.6 Å². The van der Waals surface area contributed by atoms with E-state index in [0.717, 1.165) is 0 Å². The molecule has 110 valence electrons. The summed E-state index contributed by atoms with van der Waals surface area (Å²) in [5.41, 5.74) is 1.55. The van der Waals surface area contributed by atoms with Crippen LogP contribution in [0.3, 0.4) is 0 Å². The molecule has 0 unspecified atom stereocenters. The maximum absolute atomic E-state index is 13.3. The number of nitrogens with one attached hydrogen (secondary N) is 2. The number of hydrogen-bond donors (Lipinski definition) is 2. The molecule has 0 bridgehead atoms. The van der Waals surface area contributed by atoms with Crippen LogP contribution in [0.1, 0.15) is 29.9 Å². The molecule has 0 radical (unpaired) electrons. The lowest BCUT2D eigenvalue weighted by Gasteiger charge is -2.09. The zero-order chi connectivity index (χ0) is 15.4. The number of benzene rings is 1. The number of rotatable bonds is 5. The smallest absolute Gasteiger partial charge is 0.223 e. The Morgan fingerprint density at radius 3 is 2.76 bits per heavy atom. The lowest BCUT2D eigenvalue weighted by molar-refractivity contribution is -0.114. The zero-order valence-corrected chi connectivity index (χ0v) is 12.4. The Kier molecular flexibility index (Phi) is 4.64. The Labute approximate surface area is 125 Å². The summed E-state index contributed by atoms with van der Waals surface area (Å²) in [6.45, 7) is 3.17. The van der Waals surface area contributed by atoms with Crippen LogP contribution >= 0.6 is 11.3 Å². The van der Waals surface area contributed by atoms with Gasteiger partial charge in [0.15, 0.2) is 10.9 Å². The molecule has 1 amide bonds. The molecule has 5 nitrogen and oxygen atoms in total. The first-order chi connectivity index (χ1) is 9.95. The van der Waals surface area contributed by atoms with Crippen molar-refractivity contribution in [2.75, 3.05) is 10.6 Å². The molecule has 2 aromatic rings. The number of carbonyl (C=O) groups excluding carboxylic acids is 2. The predicted octanol–water partition coefficient (Wildman–Crippen LogP) is 3.06. The summed E-state index contributed by atoms with van der Waals surface area (Å²) in [4.78, 5) is 26.6. The third-order valence-corrected chi connectivity index (χ3v) is 3.46. The number of thiazole rings is 1. The molecule has 0 spiro atoms. The fraction of sp³-hybridized carbons (Fsp3) is 0.214. The maximum atomic E-state index is 13.3. The molecule has 0 fully saturated rings. The van der Waals surface area contributed by atoms with Crippen LogP contribution in [0.5, 0.6) is 0 Å². The molecule has 0 aliphatic carbocycles. The van der Waals surface area contributed by atoms with Crippen LogP contribution in [0, 0.1) is 5.82 Å². The first-order valence-electron chi connectivity index (χ1n) is 6.22. The highest BCUT2D eigenvalue weighted by Crippen LogP contribution is 2.20. The largest absolute Gasteiger partial charge is 0.379 e. The molecular formula is C14H14FN3O2S. The van der Waals surface area contributed by atoms with E-state index in [0.29, 0.717) is 28.6 Å². The van der Waals surface area contributed by atoms with Crippen molar-refractivity contribution in [3.8, 4) is 0 Å². The summed E-state index contributed by atoms with van der Waals surface area (Å²) >= 11 is 1.30. The maximum Gasteiger partial charge on any atom is 0.223 e. The van der Waals surface area contributed by atoms with Gasteiger partial charge in [0, 0.05) is 23.6 Å². The summed E-state index contributed by atoms with van der Waals surface area (Å²) in [6, 6.07) is 3.97. The molecule has 0 atom stereocenters. The fourth-order valence-electron chi connectivity index (χ4n) is 1.75. The van der Waals surface area contributed by atoms with E-state index >= 15 is 0 Å². The van der Waals surface area contributed by atoms with Crippen molar-refractivity contribution >= 4 is 33.8 Å². The lowest BCUT2D eigenvalue weighted by atomic mass is 10.1. The van der Waals surface area contributed by atoms with Crippen LogP contribution in [0.2, 0.25) is 0 Å². The first-order valence-corrected chi connectivity index (χ1v) is 7.10. The quantitative estimate of drug-likeness (QED) is 0.833. The van der Waals surface area contributed by atoms with Gasteiger partial charge in [0.05, 0.1) is 12.2 Å². The molecule has 1 aromatic carbocycles. The lowest BCUT2D eigenvalue weighted by Crippen LogP contribution is -2.07. The molecule has 7 heteroatoms. The van der Waals surface area contributed by atoms with E-state index in [-0.39, 0.29) is 11.7 Å². The molecule has 1 aromatic heterocycles. The molecule has 0 aliphatic rings. The number of aromatic nitrogens is 1. The van der Waals surface area contributed by atoms with Gasteiger partial charge in [-0.2, -0.15) is 0 Å². The van der Waals surface area contributed by atoms with E-state index in [2.05, 4.69) is 15.6 Å². The number of carbonyl (C=O) groups is 2. The average Bonchev–Trinajstić information content (AvgIpc) is 2.82. The van der Waals surface area contributed by atoms with E-state index in [1.807, 2.05) is 0 Å². The highest BCUT2D eigenvalue weighted by Gasteiger charge is 2.09. The molecule has 21 heavy (non-hydrogen) atoms. The van der Waals surface area contributed by atoms with Crippen molar-refractivity contribution in [3.63, 3.8) is 0 Å². The highest BCUT2D eigenvalue weighted by molar-refractivity contribution is 7.13. The van der Waals surface area contributed by atoms with Crippen LogP contribution in [0.25, 0.3) is 0 Å². The van der Waals surface area contributed by atoms with Crippen LogP contribution in [-0.2, 0) is 11.3 Å². The Balaban J connectivity index is 2.09. The van der Waals surface area contributed by atoms with Crippen molar-refractivity contribution < 1.29 is 14.0 Å². The molecular weight excluding hydrogens is 293 g/mol. The Hall–Kier alpha value is -2.28. The minimum atomic E-state index is -0.417. The minimum absolute atomic E-state index is 0.144. The van der Waals surface area contributed by atoms with Gasteiger partial charge in [-0.1, -0.05) is 0 Å². The zero-order valence-electron chi connectivity index (χ0n) is 11.6. The second-order valence-corrected chi connectivity index (χ2v) is 5.28. The second kappa shape index (κ2) is 6.45. The monoisotopic (exact) mass is 307 g/mol. The summed E-state index contributed by atoms with van der Waals surface area (Å²) in [5, 5.41) is 7.87. The van der Waals surface area contributed by atoms with Crippen LogP contribution in [-0.4, -0.2) is 16.7 Å². The van der Waals surface area contributed by atoms with Crippen molar-refractivity contribution in [1.29, 1.82) is 0 Å². The van der Waals surface area contributed by atoms with E-state index in [1.54, 1.807) is 5.38 Å². The number of amides is 1. The fourth-order valence-corrected chi connectivity index (χ4v) is 2.51. The van der Waals surface area contributed by atoms with Gasteiger partial charge in [-0.3, -0.25) is 9.59 Å². The average molecular weight is 307 g/mol. The van der Waals surface area contributed by atoms with Gasteiger partial charge in [0.1, 0.15) is 5.82 Å². The summed E-state index contributed by atoms with van der Waals surface area (Å²) in [5.74, 6) is -0.748. The number of Topliss-reactive ketones (excluding diaryl/α,β-unsaturated/α-hetero) is 1. The van der Waals surface area contributed by atoms with E-state index < -0.39 is 5.82 Å². The van der Waals surface area contributed by atoms with Gasteiger partial charge in [0.25, 0.3) is 0 Å². The van der Waals surface area contributed by atoms with Gasteiger partial charge >= 0.3 is 0 Å². The highest BCUT2D eigenvalue weighted by atomic mass is 32.1. The van der Waals surface area contributed by atoms with Gasteiger partial charge < -0.3 is 10.6 Å². The van der Waals surface area contributed by atoms with Gasteiger partial charge in [-0.05, 0) is 25.1 Å². The van der Waals surface area contributed by atoms with E-state index in [4.69, 9.17) is 0 Å². The summed E-state index contributed by atoms with van der Waals surface area (Å²) in [6.07, 6.45) is 0. The van der Waals surface area contributed by atoms with Crippen molar-refractivity contribution in [2.45, 2.75) is 20.4 Å². The Morgan fingerprint density at radius 2 is 2.10 bits per heavy atom. The Bertz CT molecular complexity index is 685. The van der Waals surface area contributed by atoms with Crippen LogP contribution in [0.4, 0.5) is 15.2 Å². The third-order valence-electron chi connectivity index (χ3n) is 2.66.